The second-order valence-electron chi connectivity index (χ2n) is 7.21. The zero-order valence-corrected chi connectivity index (χ0v) is 17.9. The summed E-state index contributed by atoms with van der Waals surface area (Å²) in [5.74, 6) is -0.264. The Labute approximate surface area is 168 Å². The molecule has 152 valence electrons. The summed E-state index contributed by atoms with van der Waals surface area (Å²) in [5.41, 5.74) is 3.67. The lowest BCUT2D eigenvalue weighted by atomic mass is 10.1. The number of sulfonamides is 1. The van der Waals surface area contributed by atoms with Crippen LogP contribution in [0.2, 0.25) is 0 Å². The molecule has 0 radical (unpaired) electrons. The van der Waals surface area contributed by atoms with Crippen LogP contribution in [0.1, 0.15) is 36.5 Å². The Hall–Kier alpha value is -2.34. The van der Waals surface area contributed by atoms with E-state index in [2.05, 4.69) is 17.4 Å². The first-order valence-electron chi connectivity index (χ1n) is 9.61. The molecular weight excluding hydrogens is 372 g/mol. The highest BCUT2D eigenvalue weighted by Gasteiger charge is 2.31. The van der Waals surface area contributed by atoms with Gasteiger partial charge in [0.15, 0.2) is 0 Å². The van der Waals surface area contributed by atoms with Gasteiger partial charge >= 0.3 is 0 Å². The molecule has 0 bridgehead atoms. The fourth-order valence-corrected chi connectivity index (χ4v) is 4.60. The number of amides is 1. The molecule has 0 saturated carbocycles. The molecule has 2 aromatic rings. The molecule has 0 unspecified atom stereocenters. The maximum Gasteiger partial charge on any atom is 0.243 e. The Morgan fingerprint density at radius 2 is 1.68 bits per heavy atom. The molecular formula is C22H30N2O3S. The van der Waals surface area contributed by atoms with Crippen molar-refractivity contribution >= 4 is 21.6 Å². The molecule has 0 aliphatic heterocycles. The zero-order chi connectivity index (χ0) is 20.7. The lowest BCUT2D eigenvalue weighted by molar-refractivity contribution is -0.122. The van der Waals surface area contributed by atoms with Crippen LogP contribution in [0.3, 0.4) is 0 Å². The molecule has 5 nitrogen and oxygen atoms in total. The Bertz CT molecular complexity index is 875. The molecule has 0 saturated heterocycles. The summed E-state index contributed by atoms with van der Waals surface area (Å²) >= 11 is 0. The van der Waals surface area contributed by atoms with E-state index >= 15 is 0 Å². The summed E-state index contributed by atoms with van der Waals surface area (Å²) in [4.78, 5) is 12.8. The summed E-state index contributed by atoms with van der Waals surface area (Å²) in [6, 6.07) is 14.9. The number of rotatable bonds is 9. The summed E-state index contributed by atoms with van der Waals surface area (Å²) in [5, 5.41) is 2.91. The van der Waals surface area contributed by atoms with Crippen molar-refractivity contribution in [1.82, 2.24) is 5.32 Å². The first-order chi connectivity index (χ1) is 13.2. The van der Waals surface area contributed by atoms with E-state index in [-0.39, 0.29) is 5.91 Å². The van der Waals surface area contributed by atoms with E-state index in [9.17, 15) is 13.2 Å². The topological polar surface area (TPSA) is 66.5 Å². The van der Waals surface area contributed by atoms with Crippen LogP contribution in [-0.4, -0.2) is 33.2 Å². The smallest absolute Gasteiger partial charge is 0.243 e. The number of hydrogen-bond acceptors (Lipinski definition) is 3. The van der Waals surface area contributed by atoms with Crippen molar-refractivity contribution < 1.29 is 13.2 Å². The number of aryl methyl sites for hydroxylation is 3. The molecule has 2 aromatic carbocycles. The van der Waals surface area contributed by atoms with Crippen LogP contribution in [0, 0.1) is 13.8 Å². The van der Waals surface area contributed by atoms with Crippen LogP contribution >= 0.6 is 0 Å². The van der Waals surface area contributed by atoms with Crippen molar-refractivity contribution in [3.05, 3.63) is 65.2 Å². The van der Waals surface area contributed by atoms with Crippen molar-refractivity contribution in [3.63, 3.8) is 0 Å². The van der Waals surface area contributed by atoms with Crippen LogP contribution in [0.4, 0.5) is 5.69 Å². The number of nitrogens with zero attached hydrogens (tertiary/aromatic N) is 1. The molecule has 0 aliphatic rings. The van der Waals surface area contributed by atoms with Crippen LogP contribution in [0.25, 0.3) is 0 Å². The maximum atomic E-state index is 12.8. The van der Waals surface area contributed by atoms with E-state index in [0.29, 0.717) is 18.7 Å². The average Bonchev–Trinajstić information content (AvgIpc) is 2.61. The van der Waals surface area contributed by atoms with Gasteiger partial charge in [-0.05, 0) is 61.9 Å². The molecule has 2 rings (SSSR count). The van der Waals surface area contributed by atoms with Gasteiger partial charge < -0.3 is 5.32 Å². The Balaban J connectivity index is 2.11. The summed E-state index contributed by atoms with van der Waals surface area (Å²) in [6.07, 6.45) is 3.21. The van der Waals surface area contributed by atoms with Crippen molar-refractivity contribution in [2.45, 2.75) is 46.1 Å². The highest BCUT2D eigenvalue weighted by molar-refractivity contribution is 7.92. The van der Waals surface area contributed by atoms with Gasteiger partial charge in [0.05, 0.1) is 11.9 Å². The summed E-state index contributed by atoms with van der Waals surface area (Å²) < 4.78 is 26.3. The SMILES string of the molecule is CC[C@@H](C(=O)NCCCc1ccccc1)N(c1cc(C)cc(C)c1)S(C)(=O)=O. The number of anilines is 1. The Morgan fingerprint density at radius 3 is 2.21 bits per heavy atom. The van der Waals surface area contributed by atoms with Crippen molar-refractivity contribution in [3.8, 4) is 0 Å². The second-order valence-corrected chi connectivity index (χ2v) is 9.07. The van der Waals surface area contributed by atoms with Gasteiger partial charge in [0.25, 0.3) is 0 Å². The van der Waals surface area contributed by atoms with E-state index in [1.807, 2.05) is 45.0 Å². The molecule has 0 spiro atoms. The maximum absolute atomic E-state index is 12.8. The molecule has 0 heterocycles. The molecule has 0 aromatic heterocycles. The highest BCUT2D eigenvalue weighted by Crippen LogP contribution is 2.25. The van der Waals surface area contributed by atoms with Gasteiger partial charge in [0.1, 0.15) is 6.04 Å². The van der Waals surface area contributed by atoms with Gasteiger partial charge in [-0.2, -0.15) is 0 Å². The molecule has 6 heteroatoms. The van der Waals surface area contributed by atoms with E-state index in [4.69, 9.17) is 0 Å². The van der Waals surface area contributed by atoms with E-state index in [0.717, 1.165) is 30.2 Å². The molecule has 28 heavy (non-hydrogen) atoms. The lowest BCUT2D eigenvalue weighted by Crippen LogP contribution is -2.49. The number of carbonyl (C=O) groups is 1. The van der Waals surface area contributed by atoms with Gasteiger partial charge in [-0.15, -0.1) is 0 Å². The molecule has 1 amide bonds. The first-order valence-corrected chi connectivity index (χ1v) is 11.5. The average molecular weight is 403 g/mol. The second kappa shape index (κ2) is 9.73. The van der Waals surface area contributed by atoms with Gasteiger partial charge in [-0.25, -0.2) is 8.42 Å². The zero-order valence-electron chi connectivity index (χ0n) is 17.1. The van der Waals surface area contributed by atoms with Gasteiger partial charge in [0.2, 0.25) is 15.9 Å². The Morgan fingerprint density at radius 1 is 1.07 bits per heavy atom. The highest BCUT2D eigenvalue weighted by atomic mass is 32.2. The van der Waals surface area contributed by atoms with Crippen LogP contribution in [0.5, 0.6) is 0 Å². The van der Waals surface area contributed by atoms with Crippen molar-refractivity contribution in [2.75, 3.05) is 17.1 Å². The van der Waals surface area contributed by atoms with E-state index in [1.165, 1.54) is 9.87 Å². The van der Waals surface area contributed by atoms with E-state index < -0.39 is 16.1 Å². The molecule has 0 fully saturated rings. The standard InChI is InChI=1S/C22H30N2O3S/c1-5-21(22(25)23-13-9-12-19-10-7-6-8-11-19)24(28(4,26)27)20-15-17(2)14-18(3)16-20/h6-8,10-11,14-16,21H,5,9,12-13H2,1-4H3,(H,23,25)/t21-/m0/s1. The fraction of sp³-hybridized carbons (Fsp3) is 0.409. The lowest BCUT2D eigenvalue weighted by Gasteiger charge is -2.30. The number of hydrogen-bond donors (Lipinski definition) is 1. The van der Waals surface area contributed by atoms with Gasteiger partial charge in [-0.3, -0.25) is 9.10 Å². The van der Waals surface area contributed by atoms with Crippen molar-refractivity contribution in [1.29, 1.82) is 0 Å². The predicted octanol–water partition coefficient (Wildman–Crippen LogP) is 3.60. The van der Waals surface area contributed by atoms with Gasteiger partial charge in [0, 0.05) is 6.54 Å². The minimum absolute atomic E-state index is 0.264. The predicted molar refractivity (Wildman–Crippen MR) is 115 cm³/mol. The summed E-state index contributed by atoms with van der Waals surface area (Å²) in [6.45, 7) is 6.17. The quantitative estimate of drug-likeness (QED) is 0.652. The fourth-order valence-electron chi connectivity index (χ4n) is 3.40. The Kier molecular flexibility index (Phi) is 7.63. The summed E-state index contributed by atoms with van der Waals surface area (Å²) in [7, 11) is -3.61. The molecule has 1 atom stereocenters. The molecule has 0 aliphatic carbocycles. The first kappa shape index (κ1) is 22.0. The third-order valence-corrected chi connectivity index (χ3v) is 5.75. The number of benzene rings is 2. The van der Waals surface area contributed by atoms with Crippen LogP contribution in [0.15, 0.2) is 48.5 Å². The molecule has 1 N–H and O–H groups in total. The largest absolute Gasteiger partial charge is 0.354 e. The van der Waals surface area contributed by atoms with Crippen LogP contribution in [-0.2, 0) is 21.2 Å². The third-order valence-electron chi connectivity index (χ3n) is 4.57. The van der Waals surface area contributed by atoms with Crippen molar-refractivity contribution in [2.24, 2.45) is 0 Å². The third kappa shape index (κ3) is 6.09. The number of nitrogens with one attached hydrogen (secondary N) is 1. The normalized spacial score (nSPS) is 12.4. The van der Waals surface area contributed by atoms with E-state index in [1.54, 1.807) is 12.1 Å². The van der Waals surface area contributed by atoms with Crippen LogP contribution < -0.4 is 9.62 Å². The monoisotopic (exact) mass is 402 g/mol. The number of carbonyl (C=O) groups excluding carboxylic acids is 1. The minimum atomic E-state index is -3.61. The van der Waals surface area contributed by atoms with Gasteiger partial charge in [-0.1, -0.05) is 43.3 Å². The minimum Gasteiger partial charge on any atom is -0.354 e.